The number of quaternary nitrogens is 1. The first kappa shape index (κ1) is 46.6. The van der Waals surface area contributed by atoms with Gasteiger partial charge in [0.25, 0.3) is 11.8 Å². The summed E-state index contributed by atoms with van der Waals surface area (Å²) in [6.45, 7) is 9.24. The second-order valence-corrected chi connectivity index (χ2v) is 17.3. The molecule has 6 rings (SSSR count). The molecule has 16 heteroatoms. The molecular weight excluding hydrogens is 815 g/mol. The Labute approximate surface area is 372 Å². The number of esters is 1. The van der Waals surface area contributed by atoms with Crippen LogP contribution in [0.1, 0.15) is 79.8 Å². The van der Waals surface area contributed by atoms with Crippen molar-refractivity contribution in [2.24, 2.45) is 5.92 Å². The predicted octanol–water partition coefficient (Wildman–Crippen LogP) is 5.02. The smallest absolute Gasteiger partial charge is 0.337 e. The molecule has 336 valence electrons. The number of unbranched alkanes of at least 4 members (excludes halogenated alkanes) is 1. The summed E-state index contributed by atoms with van der Waals surface area (Å²) in [4.78, 5) is 85.3. The minimum absolute atomic E-state index is 0.101. The van der Waals surface area contributed by atoms with Gasteiger partial charge in [0, 0.05) is 60.3 Å². The molecular formula is C48H58N9O7+. The molecule has 5 aromatic rings. The highest BCUT2D eigenvalue weighted by Gasteiger charge is 2.29. The Bertz CT molecular complexity index is 2580. The quantitative estimate of drug-likeness (QED) is 0.0495. The maximum absolute atomic E-state index is 13.2. The molecule has 0 saturated carbocycles. The number of benzene rings is 3. The number of nitrogens with one attached hydrogen (secondary N) is 3. The van der Waals surface area contributed by atoms with Crippen LogP contribution < -0.4 is 21.7 Å². The molecule has 0 fully saturated rings. The molecule has 0 aliphatic carbocycles. The topological polar surface area (TPSA) is 208 Å². The molecule has 0 unspecified atom stereocenters. The number of carbonyl (C=O) groups excluding carboxylic acids is 6. The Morgan fingerprint density at radius 3 is 2.06 bits per heavy atom. The predicted molar refractivity (Wildman–Crippen MR) is 244 cm³/mol. The average Bonchev–Trinajstić information content (AvgIpc) is 3.79. The van der Waals surface area contributed by atoms with Gasteiger partial charge in [-0.25, -0.2) is 14.8 Å². The van der Waals surface area contributed by atoms with Gasteiger partial charge in [-0.1, -0.05) is 63.6 Å². The van der Waals surface area contributed by atoms with Crippen molar-refractivity contribution in [3.8, 4) is 0 Å². The number of ether oxygens (including phenoxy) is 1. The molecule has 0 bridgehead atoms. The van der Waals surface area contributed by atoms with Crippen molar-refractivity contribution in [1.29, 1.82) is 0 Å². The molecule has 0 radical (unpaired) electrons. The molecule has 0 spiro atoms. The van der Waals surface area contributed by atoms with Crippen molar-refractivity contribution < 1.29 is 38.0 Å². The number of methoxy groups -OCH3 is 1. The van der Waals surface area contributed by atoms with Crippen molar-refractivity contribution in [1.82, 2.24) is 30.1 Å². The number of amides is 5. The lowest BCUT2D eigenvalue weighted by Gasteiger charge is -2.30. The number of nitrogen functional groups attached to an aromatic ring is 1. The lowest BCUT2D eigenvalue weighted by Crippen LogP contribution is -2.54. The van der Waals surface area contributed by atoms with Crippen molar-refractivity contribution in [3.63, 3.8) is 0 Å². The summed E-state index contributed by atoms with van der Waals surface area (Å²) in [5.41, 5.74) is 13.0. The van der Waals surface area contributed by atoms with E-state index in [1.165, 1.54) is 12.7 Å². The summed E-state index contributed by atoms with van der Waals surface area (Å²) in [6.07, 6.45) is 4.92. The largest absolute Gasteiger partial charge is 0.465 e. The number of hydrogen-bond donors (Lipinski definition) is 4. The van der Waals surface area contributed by atoms with E-state index in [4.69, 9.17) is 15.5 Å². The fourth-order valence-electron chi connectivity index (χ4n) is 7.83. The molecule has 5 N–H and O–H groups in total. The number of imide groups is 1. The van der Waals surface area contributed by atoms with Gasteiger partial charge < -0.3 is 35.5 Å². The van der Waals surface area contributed by atoms with Crippen LogP contribution in [0.25, 0.3) is 21.9 Å². The van der Waals surface area contributed by atoms with Crippen LogP contribution in [0.5, 0.6) is 0 Å². The molecule has 5 amide bonds. The summed E-state index contributed by atoms with van der Waals surface area (Å²) in [6, 6.07) is 19.7. The third kappa shape index (κ3) is 11.2. The fourth-order valence-corrected chi connectivity index (χ4v) is 7.83. The number of pyridine rings is 1. The molecule has 3 heterocycles. The number of imidazole rings is 1. The number of aromatic nitrogens is 3. The van der Waals surface area contributed by atoms with Gasteiger partial charge in [0.1, 0.15) is 36.5 Å². The maximum Gasteiger partial charge on any atom is 0.337 e. The number of rotatable bonds is 19. The summed E-state index contributed by atoms with van der Waals surface area (Å²) in [5, 5.41) is 9.07. The molecule has 1 aliphatic rings. The van der Waals surface area contributed by atoms with E-state index in [2.05, 4.69) is 70.8 Å². The van der Waals surface area contributed by atoms with Gasteiger partial charge in [0.2, 0.25) is 17.7 Å². The maximum atomic E-state index is 13.2. The van der Waals surface area contributed by atoms with Gasteiger partial charge in [0.15, 0.2) is 5.82 Å². The van der Waals surface area contributed by atoms with Crippen LogP contribution in [0.2, 0.25) is 0 Å². The van der Waals surface area contributed by atoms with Crippen molar-refractivity contribution in [3.05, 3.63) is 107 Å². The Kier molecular flexibility index (Phi) is 14.6. The number of nitrogens with zero attached hydrogens (tertiary/aromatic N) is 5. The second kappa shape index (κ2) is 20.1. The molecule has 64 heavy (non-hydrogen) atoms. The van der Waals surface area contributed by atoms with Gasteiger partial charge in [0.05, 0.1) is 37.8 Å². The highest BCUT2D eigenvalue weighted by Crippen LogP contribution is 2.31. The SMILES string of the molecule is CCCCc1nc2c(N)nc3cc(C(=O)OC)ccc3c2n1Cc1ccc(C[N+](C)(C)Cc2ccc(NC(=O)[C@H](C)NC(=O)[C@@H](NC(=O)CCN3C(=O)C=CC3=O)C(C)C)cc2)cc1. The fraction of sp³-hybridized carbons (Fsp3) is 0.375. The van der Waals surface area contributed by atoms with E-state index in [0.29, 0.717) is 39.1 Å². The van der Waals surface area contributed by atoms with Crippen LogP contribution in [0.3, 0.4) is 0 Å². The Morgan fingerprint density at radius 2 is 1.45 bits per heavy atom. The van der Waals surface area contributed by atoms with E-state index in [1.54, 1.807) is 32.9 Å². The molecule has 2 atom stereocenters. The van der Waals surface area contributed by atoms with Crippen LogP contribution >= 0.6 is 0 Å². The Morgan fingerprint density at radius 1 is 0.828 bits per heavy atom. The number of carbonyl (C=O) groups is 6. The number of anilines is 2. The van der Waals surface area contributed by atoms with Gasteiger partial charge in [-0.2, -0.15) is 0 Å². The average molecular weight is 873 g/mol. The minimum Gasteiger partial charge on any atom is -0.465 e. The first-order valence-electron chi connectivity index (χ1n) is 21.6. The summed E-state index contributed by atoms with van der Waals surface area (Å²) < 4.78 is 7.82. The molecule has 1 aliphatic heterocycles. The molecule has 0 saturated heterocycles. The summed E-state index contributed by atoms with van der Waals surface area (Å²) >= 11 is 0. The number of nitrogens with two attached hydrogens (primary N) is 1. The minimum atomic E-state index is -0.929. The van der Waals surface area contributed by atoms with Crippen LogP contribution in [0.15, 0.2) is 78.9 Å². The van der Waals surface area contributed by atoms with Gasteiger partial charge in [-0.3, -0.25) is 28.9 Å². The van der Waals surface area contributed by atoms with E-state index in [1.807, 2.05) is 30.3 Å². The zero-order chi connectivity index (χ0) is 46.3. The monoisotopic (exact) mass is 872 g/mol. The van der Waals surface area contributed by atoms with Crippen LogP contribution in [-0.2, 0) is 54.8 Å². The first-order valence-corrected chi connectivity index (χ1v) is 21.6. The second-order valence-electron chi connectivity index (χ2n) is 17.3. The lowest BCUT2D eigenvalue weighted by atomic mass is 10.0. The van der Waals surface area contributed by atoms with Crippen molar-refractivity contribution in [2.45, 2.75) is 85.1 Å². The van der Waals surface area contributed by atoms with Crippen molar-refractivity contribution >= 4 is 68.9 Å². The van der Waals surface area contributed by atoms with Crippen molar-refractivity contribution in [2.75, 3.05) is 38.8 Å². The molecule has 2 aromatic heterocycles. The van der Waals surface area contributed by atoms with Crippen LogP contribution in [0, 0.1) is 5.92 Å². The lowest BCUT2D eigenvalue weighted by molar-refractivity contribution is -0.916. The molecule has 16 nitrogen and oxygen atoms in total. The zero-order valence-electron chi connectivity index (χ0n) is 37.6. The number of hydrogen-bond acceptors (Lipinski definition) is 10. The van der Waals surface area contributed by atoms with E-state index in [9.17, 15) is 28.8 Å². The van der Waals surface area contributed by atoms with E-state index < -0.39 is 47.6 Å². The first-order chi connectivity index (χ1) is 30.5. The molecule has 3 aromatic carbocycles. The Balaban J connectivity index is 1.04. The van der Waals surface area contributed by atoms with Gasteiger partial charge in [-0.05, 0) is 55.2 Å². The highest BCUT2D eigenvalue weighted by molar-refractivity contribution is 6.13. The van der Waals surface area contributed by atoms with Crippen LogP contribution in [0.4, 0.5) is 11.5 Å². The number of aryl methyl sites for hydroxylation is 1. The van der Waals surface area contributed by atoms with E-state index >= 15 is 0 Å². The zero-order valence-corrected chi connectivity index (χ0v) is 37.6. The van der Waals surface area contributed by atoms with Gasteiger partial charge >= 0.3 is 5.97 Å². The van der Waals surface area contributed by atoms with E-state index in [0.717, 1.165) is 77.3 Å². The van der Waals surface area contributed by atoms with E-state index in [-0.39, 0.29) is 18.9 Å². The Hall–Kier alpha value is -6.94. The normalized spacial score (nSPS) is 13.7. The van der Waals surface area contributed by atoms with Gasteiger partial charge in [-0.15, -0.1) is 0 Å². The highest BCUT2D eigenvalue weighted by atomic mass is 16.5. The third-order valence-corrected chi connectivity index (χ3v) is 11.2. The van der Waals surface area contributed by atoms with Crippen LogP contribution in [-0.4, -0.2) is 99.3 Å². The standard InChI is InChI=1S/C48H57N9O7/c1-8-9-10-38-53-43-44(36-20-17-34(48(63)64-7)25-37(36)52-45(43)49)56(38)26-31-11-13-32(14-12-31)27-57(5,6)28-33-15-18-35(19-16-33)51-46(61)30(4)50-47(62)42(29(2)3)54-39(58)23-24-55-40(59)21-22-41(55)60/h11-22,25,29-30,42H,8-10,23-24,26-28H2,1-7H3,(H4-,49,50,51,52,54,58,61,62)/p+1/t30-,42-/m0/s1. The third-order valence-electron chi connectivity index (χ3n) is 11.2. The summed E-state index contributed by atoms with van der Waals surface area (Å²) in [7, 11) is 5.69. The number of fused-ring (bicyclic) bond motifs is 3. The summed E-state index contributed by atoms with van der Waals surface area (Å²) in [5.74, 6) is -1.89.